The van der Waals surface area contributed by atoms with Crippen molar-refractivity contribution in [2.45, 2.75) is 18.9 Å². The second-order valence-electron chi connectivity index (χ2n) is 8.24. The Kier molecular flexibility index (Phi) is 3.69. The van der Waals surface area contributed by atoms with Crippen molar-refractivity contribution in [2.24, 2.45) is 11.8 Å². The Balaban J connectivity index is 1.46. The smallest absolute Gasteiger partial charge is 0.308 e. The van der Waals surface area contributed by atoms with Crippen LogP contribution in [0.5, 0.6) is 5.75 Å². The molecule has 2 bridgehead atoms. The molecule has 0 radical (unpaired) electrons. The molecule has 2 amide bonds. The highest BCUT2D eigenvalue weighted by Crippen LogP contribution is 2.55. The van der Waals surface area contributed by atoms with Gasteiger partial charge in [-0.3, -0.25) is 14.4 Å². The minimum absolute atomic E-state index is 0.158. The Bertz CT molecular complexity index is 1150. The van der Waals surface area contributed by atoms with E-state index in [9.17, 15) is 14.4 Å². The van der Waals surface area contributed by atoms with Crippen LogP contribution in [-0.4, -0.2) is 17.8 Å². The average Bonchev–Trinajstić information content (AvgIpc) is 3.05. The fourth-order valence-electron chi connectivity index (χ4n) is 5.58. The molecule has 3 aliphatic heterocycles. The maximum Gasteiger partial charge on any atom is 0.308 e. The number of ether oxygens (including phenoxy) is 1. The van der Waals surface area contributed by atoms with Crippen LogP contribution < -0.4 is 14.2 Å². The minimum atomic E-state index is -0.444. The maximum atomic E-state index is 13.6. The van der Waals surface area contributed by atoms with Crippen LogP contribution in [0.2, 0.25) is 0 Å². The number of benzene rings is 2. The molecule has 31 heavy (non-hydrogen) atoms. The Hall–Kier alpha value is -3.80. The minimum Gasteiger partial charge on any atom is -0.427 e. The van der Waals surface area contributed by atoms with Gasteiger partial charge in [-0.25, -0.2) is 4.90 Å². The number of aromatic nitrogens is 1. The first-order valence-corrected chi connectivity index (χ1v) is 10.3. The first-order valence-electron chi connectivity index (χ1n) is 10.3. The molecule has 1 aliphatic carbocycles. The molecule has 7 rings (SSSR count). The van der Waals surface area contributed by atoms with Crippen molar-refractivity contribution in [2.75, 3.05) is 4.90 Å². The molecule has 3 aromatic rings. The van der Waals surface area contributed by atoms with Gasteiger partial charge in [0.25, 0.3) is 0 Å². The van der Waals surface area contributed by atoms with Crippen LogP contribution in [0.15, 0.2) is 72.9 Å². The van der Waals surface area contributed by atoms with Crippen LogP contribution in [0.4, 0.5) is 5.69 Å². The Morgan fingerprint density at radius 2 is 1.55 bits per heavy atom. The van der Waals surface area contributed by atoms with Gasteiger partial charge in [0.1, 0.15) is 11.7 Å². The predicted molar refractivity (Wildman–Crippen MR) is 110 cm³/mol. The van der Waals surface area contributed by atoms with Gasteiger partial charge in [0.2, 0.25) is 11.8 Å². The summed E-state index contributed by atoms with van der Waals surface area (Å²) in [6, 6.07) is 20.4. The molecular formula is C25H19N2O4+. The van der Waals surface area contributed by atoms with Crippen molar-refractivity contribution in [1.82, 2.24) is 0 Å². The molecule has 0 spiro atoms. The zero-order chi connectivity index (χ0) is 21.3. The number of nitrogens with zero attached hydrogens (tertiary/aromatic N) is 2. The zero-order valence-corrected chi connectivity index (χ0v) is 16.8. The third kappa shape index (κ3) is 2.39. The lowest BCUT2D eigenvalue weighted by Crippen LogP contribution is -2.59. The normalized spacial score (nSPS) is 25.1. The van der Waals surface area contributed by atoms with Gasteiger partial charge in [-0.05, 0) is 29.8 Å². The summed E-state index contributed by atoms with van der Waals surface area (Å²) in [5.41, 5.74) is 3.82. The summed E-state index contributed by atoms with van der Waals surface area (Å²) >= 11 is 0. The highest BCUT2D eigenvalue weighted by atomic mass is 16.5. The fourth-order valence-corrected chi connectivity index (χ4v) is 5.58. The van der Waals surface area contributed by atoms with Crippen molar-refractivity contribution < 1.29 is 23.7 Å². The number of hydrogen-bond donors (Lipinski definition) is 0. The number of imide groups is 1. The number of pyridine rings is 1. The second-order valence-corrected chi connectivity index (χ2v) is 8.24. The first-order chi connectivity index (χ1) is 15.1. The monoisotopic (exact) mass is 411 g/mol. The molecule has 6 heteroatoms. The third-order valence-corrected chi connectivity index (χ3v) is 6.64. The van der Waals surface area contributed by atoms with Gasteiger partial charge in [0, 0.05) is 24.6 Å². The number of carbonyl (C=O) groups is 3. The molecule has 6 nitrogen and oxygen atoms in total. The van der Waals surface area contributed by atoms with Crippen LogP contribution in [0.1, 0.15) is 35.7 Å². The Morgan fingerprint density at radius 3 is 2.29 bits per heavy atom. The lowest BCUT2D eigenvalue weighted by atomic mass is 9.63. The summed E-state index contributed by atoms with van der Waals surface area (Å²) < 4.78 is 7.24. The summed E-state index contributed by atoms with van der Waals surface area (Å²) in [4.78, 5) is 39.8. The van der Waals surface area contributed by atoms with Crippen LogP contribution in [0.25, 0.3) is 0 Å². The highest BCUT2D eigenvalue weighted by molar-refractivity contribution is 6.23. The molecule has 152 valence electrons. The van der Waals surface area contributed by atoms with E-state index in [2.05, 4.69) is 22.8 Å². The highest BCUT2D eigenvalue weighted by Gasteiger charge is 2.66. The Morgan fingerprint density at radius 1 is 0.871 bits per heavy atom. The van der Waals surface area contributed by atoms with E-state index < -0.39 is 17.8 Å². The van der Waals surface area contributed by atoms with Crippen LogP contribution in [0, 0.1) is 11.8 Å². The van der Waals surface area contributed by atoms with Gasteiger partial charge in [0.05, 0.1) is 17.5 Å². The largest absolute Gasteiger partial charge is 0.427 e. The van der Waals surface area contributed by atoms with Gasteiger partial charge in [-0.15, -0.1) is 0 Å². The molecule has 1 saturated heterocycles. The summed E-state index contributed by atoms with van der Waals surface area (Å²) in [6.45, 7) is 1.33. The van der Waals surface area contributed by atoms with Gasteiger partial charge in [-0.1, -0.05) is 30.3 Å². The van der Waals surface area contributed by atoms with E-state index in [4.69, 9.17) is 4.74 Å². The summed E-state index contributed by atoms with van der Waals surface area (Å²) in [6.07, 6.45) is 2.01. The standard InChI is InChI=1S/C25H19N2O4/c1-14(28)31-16-11-9-15(10-12-16)27-24(29)21-20-17-6-2-3-7-18(17)23(22(21)25(27)30)26-13-5-4-8-19(20)26/h2-13,20-23H,1H3/q+1/t20-,21+,22-,23+/m1/s1. The summed E-state index contributed by atoms with van der Waals surface area (Å²) in [5.74, 6) is -1.42. The van der Waals surface area contributed by atoms with Gasteiger partial charge in [-0.2, -0.15) is 4.57 Å². The number of rotatable bonds is 2. The number of amides is 2. The van der Waals surface area contributed by atoms with Crippen molar-refractivity contribution >= 4 is 23.5 Å². The van der Waals surface area contributed by atoms with Crippen molar-refractivity contribution in [1.29, 1.82) is 0 Å². The van der Waals surface area contributed by atoms with E-state index in [1.165, 1.54) is 11.8 Å². The molecule has 2 aromatic carbocycles. The summed E-state index contributed by atoms with van der Waals surface area (Å²) in [7, 11) is 0. The Labute approximate surface area is 178 Å². The second kappa shape index (κ2) is 6.35. The van der Waals surface area contributed by atoms with E-state index >= 15 is 0 Å². The van der Waals surface area contributed by atoms with Crippen molar-refractivity contribution in [3.05, 3.63) is 89.7 Å². The van der Waals surface area contributed by atoms with E-state index in [-0.39, 0.29) is 23.8 Å². The molecule has 1 aromatic heterocycles. The van der Waals surface area contributed by atoms with Gasteiger partial charge >= 0.3 is 5.97 Å². The molecule has 4 aliphatic rings. The molecule has 0 unspecified atom stereocenters. The molecule has 0 N–H and O–H groups in total. The van der Waals surface area contributed by atoms with E-state index in [0.29, 0.717) is 11.4 Å². The molecule has 4 heterocycles. The van der Waals surface area contributed by atoms with Crippen molar-refractivity contribution in [3.8, 4) is 5.75 Å². The SMILES string of the molecule is CC(=O)Oc1ccc(N2C(=O)[C@@H]3[C@@H](C2=O)[C@@H]2c4ccccc4[C@@H]3[n+]3ccccc32)cc1. The zero-order valence-electron chi connectivity index (χ0n) is 16.8. The molecular weight excluding hydrogens is 392 g/mol. The van der Waals surface area contributed by atoms with Crippen LogP contribution in [-0.2, 0) is 14.4 Å². The lowest BCUT2D eigenvalue weighted by Gasteiger charge is -2.40. The van der Waals surface area contributed by atoms with Crippen LogP contribution >= 0.6 is 0 Å². The quantitative estimate of drug-likeness (QED) is 0.282. The van der Waals surface area contributed by atoms with Crippen LogP contribution in [0.3, 0.4) is 0 Å². The molecule has 1 fully saturated rings. The van der Waals surface area contributed by atoms with Gasteiger partial charge in [0.15, 0.2) is 17.9 Å². The molecule has 0 saturated carbocycles. The number of anilines is 1. The average molecular weight is 411 g/mol. The van der Waals surface area contributed by atoms with E-state index in [1.807, 2.05) is 30.5 Å². The topological polar surface area (TPSA) is 67.6 Å². The lowest BCUT2D eigenvalue weighted by molar-refractivity contribution is -0.736. The first kappa shape index (κ1) is 18.0. The maximum absolute atomic E-state index is 13.6. The predicted octanol–water partition coefficient (Wildman–Crippen LogP) is 2.75. The van der Waals surface area contributed by atoms with Crippen molar-refractivity contribution in [3.63, 3.8) is 0 Å². The molecule has 4 atom stereocenters. The summed E-state index contributed by atoms with van der Waals surface area (Å²) in [5, 5.41) is 0. The number of esters is 1. The number of carbonyl (C=O) groups excluding carboxylic acids is 3. The van der Waals surface area contributed by atoms with E-state index in [1.54, 1.807) is 24.3 Å². The van der Waals surface area contributed by atoms with E-state index in [0.717, 1.165) is 16.8 Å². The number of hydrogen-bond acceptors (Lipinski definition) is 4. The van der Waals surface area contributed by atoms with Gasteiger partial charge < -0.3 is 4.74 Å². The fraction of sp³-hybridized carbons (Fsp3) is 0.200. The third-order valence-electron chi connectivity index (χ3n) is 6.64.